The third-order valence-electron chi connectivity index (χ3n) is 1.64. The lowest BCUT2D eigenvalue weighted by Gasteiger charge is -2.11. The third-order valence-corrected chi connectivity index (χ3v) is 1.64. The van der Waals surface area contributed by atoms with Crippen molar-refractivity contribution in [2.45, 2.75) is 38.7 Å². The Morgan fingerprint density at radius 1 is 1.27 bits per heavy atom. The fraction of sp³-hybridized carbons (Fsp3) is 0.667. The van der Waals surface area contributed by atoms with Crippen LogP contribution in [0.1, 0.15) is 32.6 Å². The molecular formula is C9H14O6. The summed E-state index contributed by atoms with van der Waals surface area (Å²) in [5, 5.41) is 16.9. The molecule has 0 bridgehead atoms. The van der Waals surface area contributed by atoms with Gasteiger partial charge in [0.2, 0.25) is 6.10 Å². The minimum atomic E-state index is -1.59. The number of aliphatic carboxylic acids is 2. The van der Waals surface area contributed by atoms with Gasteiger partial charge < -0.3 is 14.9 Å². The maximum Gasteiger partial charge on any atom is 0.345 e. The number of esters is 1. The van der Waals surface area contributed by atoms with E-state index in [-0.39, 0.29) is 6.42 Å². The van der Waals surface area contributed by atoms with Gasteiger partial charge in [-0.3, -0.25) is 9.59 Å². The molecule has 0 saturated carbocycles. The van der Waals surface area contributed by atoms with Gasteiger partial charge >= 0.3 is 17.9 Å². The zero-order valence-corrected chi connectivity index (χ0v) is 8.43. The Balaban J connectivity index is 4.10. The highest BCUT2D eigenvalue weighted by Crippen LogP contribution is 2.04. The summed E-state index contributed by atoms with van der Waals surface area (Å²) in [6.07, 6.45) is -0.816. The molecule has 0 fully saturated rings. The van der Waals surface area contributed by atoms with E-state index in [1.807, 2.05) is 6.92 Å². The number of carbonyl (C=O) groups is 3. The summed E-state index contributed by atoms with van der Waals surface area (Å²) >= 11 is 0. The number of hydrogen-bond acceptors (Lipinski definition) is 4. The molecule has 0 amide bonds. The molecule has 0 aromatic heterocycles. The second kappa shape index (κ2) is 6.80. The standard InChI is InChI=1S/C9H14O6/c1-2-3-4-8(12)15-6(9(13)14)5-7(10)11/h6H,2-5H2,1H3,(H,10,11)(H,13,14). The van der Waals surface area contributed by atoms with Gasteiger partial charge in [0.1, 0.15) is 0 Å². The van der Waals surface area contributed by atoms with Crippen molar-refractivity contribution in [1.29, 1.82) is 0 Å². The first kappa shape index (κ1) is 13.4. The van der Waals surface area contributed by atoms with Crippen molar-refractivity contribution in [3.05, 3.63) is 0 Å². The smallest absolute Gasteiger partial charge is 0.345 e. The molecule has 0 spiro atoms. The van der Waals surface area contributed by atoms with Gasteiger partial charge in [-0.05, 0) is 6.42 Å². The molecule has 0 rings (SSSR count). The van der Waals surface area contributed by atoms with Crippen LogP contribution in [-0.2, 0) is 19.1 Å². The maximum absolute atomic E-state index is 11.0. The molecule has 0 aliphatic rings. The fourth-order valence-electron chi connectivity index (χ4n) is 0.877. The lowest BCUT2D eigenvalue weighted by Crippen LogP contribution is -2.29. The van der Waals surface area contributed by atoms with Gasteiger partial charge in [-0.2, -0.15) is 0 Å². The second-order valence-electron chi connectivity index (χ2n) is 3.02. The average Bonchev–Trinajstić information content (AvgIpc) is 2.12. The van der Waals surface area contributed by atoms with E-state index in [0.717, 1.165) is 6.42 Å². The predicted molar refractivity (Wildman–Crippen MR) is 49.3 cm³/mol. The number of rotatable bonds is 7. The second-order valence-corrected chi connectivity index (χ2v) is 3.02. The Hall–Kier alpha value is -1.59. The number of carbonyl (C=O) groups excluding carboxylic acids is 1. The van der Waals surface area contributed by atoms with Crippen molar-refractivity contribution in [3.63, 3.8) is 0 Å². The summed E-state index contributed by atoms with van der Waals surface area (Å²) in [4.78, 5) is 31.8. The Labute approximate surface area is 86.8 Å². The normalized spacial score (nSPS) is 11.8. The van der Waals surface area contributed by atoms with Crippen molar-refractivity contribution in [2.75, 3.05) is 0 Å². The number of ether oxygens (including phenoxy) is 1. The lowest BCUT2D eigenvalue weighted by molar-refractivity contribution is -0.167. The van der Waals surface area contributed by atoms with Crippen LogP contribution in [0.5, 0.6) is 0 Å². The van der Waals surface area contributed by atoms with Crippen LogP contribution < -0.4 is 0 Å². The molecule has 0 aliphatic heterocycles. The Morgan fingerprint density at radius 2 is 1.87 bits per heavy atom. The SMILES string of the molecule is CCCCC(=O)OC(CC(=O)O)C(=O)O. The van der Waals surface area contributed by atoms with E-state index < -0.39 is 30.4 Å². The molecule has 1 unspecified atom stereocenters. The molecule has 1 atom stereocenters. The van der Waals surface area contributed by atoms with Crippen LogP contribution in [0.3, 0.4) is 0 Å². The van der Waals surface area contributed by atoms with Crippen molar-refractivity contribution in [2.24, 2.45) is 0 Å². The summed E-state index contributed by atoms with van der Waals surface area (Å²) in [7, 11) is 0. The van der Waals surface area contributed by atoms with Crippen molar-refractivity contribution in [1.82, 2.24) is 0 Å². The summed E-state index contributed by atoms with van der Waals surface area (Å²) in [6.45, 7) is 1.87. The topological polar surface area (TPSA) is 101 Å². The van der Waals surface area contributed by atoms with Crippen LogP contribution in [0, 0.1) is 0 Å². The largest absolute Gasteiger partial charge is 0.481 e. The Bertz CT molecular complexity index is 247. The molecule has 6 heteroatoms. The third kappa shape index (κ3) is 6.48. The molecule has 0 aliphatic carbocycles. The van der Waals surface area contributed by atoms with E-state index in [2.05, 4.69) is 4.74 Å². The molecule has 6 nitrogen and oxygen atoms in total. The fourth-order valence-corrected chi connectivity index (χ4v) is 0.877. The van der Waals surface area contributed by atoms with E-state index >= 15 is 0 Å². The Morgan fingerprint density at radius 3 is 2.27 bits per heavy atom. The summed E-state index contributed by atoms with van der Waals surface area (Å²) in [6, 6.07) is 0. The maximum atomic E-state index is 11.0. The molecule has 0 heterocycles. The lowest BCUT2D eigenvalue weighted by atomic mass is 10.2. The van der Waals surface area contributed by atoms with Gasteiger partial charge in [0, 0.05) is 6.42 Å². The van der Waals surface area contributed by atoms with Gasteiger partial charge in [0.05, 0.1) is 6.42 Å². The zero-order valence-electron chi connectivity index (χ0n) is 8.43. The first-order chi connectivity index (χ1) is 6.97. The van der Waals surface area contributed by atoms with Crippen molar-refractivity contribution in [3.8, 4) is 0 Å². The molecule has 15 heavy (non-hydrogen) atoms. The van der Waals surface area contributed by atoms with Gasteiger partial charge in [-0.25, -0.2) is 4.79 Å². The number of carboxylic acid groups (broad SMARTS) is 2. The molecule has 2 N–H and O–H groups in total. The Kier molecular flexibility index (Phi) is 6.08. The quantitative estimate of drug-likeness (QED) is 0.608. The van der Waals surface area contributed by atoms with Crippen LogP contribution >= 0.6 is 0 Å². The highest BCUT2D eigenvalue weighted by molar-refractivity contribution is 5.82. The summed E-state index contributed by atoms with van der Waals surface area (Å²) in [5.41, 5.74) is 0. The van der Waals surface area contributed by atoms with Gasteiger partial charge in [0.15, 0.2) is 0 Å². The number of unbranched alkanes of at least 4 members (excludes halogenated alkanes) is 1. The van der Waals surface area contributed by atoms with E-state index in [9.17, 15) is 14.4 Å². The minimum absolute atomic E-state index is 0.111. The highest BCUT2D eigenvalue weighted by atomic mass is 16.6. The molecular weight excluding hydrogens is 204 g/mol. The molecule has 0 aromatic carbocycles. The van der Waals surface area contributed by atoms with Crippen molar-refractivity contribution < 1.29 is 29.3 Å². The van der Waals surface area contributed by atoms with Crippen LogP contribution in [-0.4, -0.2) is 34.2 Å². The average molecular weight is 218 g/mol. The number of carboxylic acids is 2. The molecule has 0 saturated heterocycles. The first-order valence-corrected chi connectivity index (χ1v) is 4.61. The minimum Gasteiger partial charge on any atom is -0.481 e. The summed E-state index contributed by atoms with van der Waals surface area (Å²) < 4.78 is 4.51. The zero-order chi connectivity index (χ0) is 11.8. The van der Waals surface area contributed by atoms with E-state index in [1.54, 1.807) is 0 Å². The summed E-state index contributed by atoms with van der Waals surface area (Å²) in [5.74, 6) is -3.43. The molecule has 0 aromatic rings. The monoisotopic (exact) mass is 218 g/mol. The highest BCUT2D eigenvalue weighted by Gasteiger charge is 2.24. The van der Waals surface area contributed by atoms with Crippen LogP contribution in [0.25, 0.3) is 0 Å². The van der Waals surface area contributed by atoms with Gasteiger partial charge in [0.25, 0.3) is 0 Å². The van der Waals surface area contributed by atoms with Crippen LogP contribution in [0.4, 0.5) is 0 Å². The van der Waals surface area contributed by atoms with Gasteiger partial charge in [-0.15, -0.1) is 0 Å². The van der Waals surface area contributed by atoms with Crippen molar-refractivity contribution >= 4 is 17.9 Å². The predicted octanol–water partition coefficient (Wildman–Crippen LogP) is 0.648. The van der Waals surface area contributed by atoms with Crippen LogP contribution in [0.15, 0.2) is 0 Å². The van der Waals surface area contributed by atoms with E-state index in [1.165, 1.54) is 0 Å². The van der Waals surface area contributed by atoms with E-state index in [0.29, 0.717) is 6.42 Å². The first-order valence-electron chi connectivity index (χ1n) is 4.61. The molecule has 0 radical (unpaired) electrons. The van der Waals surface area contributed by atoms with E-state index in [4.69, 9.17) is 10.2 Å². The number of hydrogen-bond donors (Lipinski definition) is 2. The van der Waals surface area contributed by atoms with Crippen LogP contribution in [0.2, 0.25) is 0 Å². The molecule has 86 valence electrons. The van der Waals surface area contributed by atoms with Gasteiger partial charge in [-0.1, -0.05) is 13.3 Å².